The summed E-state index contributed by atoms with van der Waals surface area (Å²) in [5.74, 6) is -0.733. The van der Waals surface area contributed by atoms with Crippen LogP contribution in [0.4, 0.5) is 18.9 Å². The van der Waals surface area contributed by atoms with Gasteiger partial charge in [-0.05, 0) is 30.7 Å². The molecule has 0 fully saturated rings. The summed E-state index contributed by atoms with van der Waals surface area (Å²) in [6.45, 7) is 0. The van der Waals surface area contributed by atoms with Gasteiger partial charge in [0.25, 0.3) is 0 Å². The van der Waals surface area contributed by atoms with Crippen molar-refractivity contribution >= 4 is 39.3 Å². The van der Waals surface area contributed by atoms with E-state index in [1.54, 1.807) is 24.3 Å². The Kier molecular flexibility index (Phi) is 6.15. The zero-order valence-corrected chi connectivity index (χ0v) is 12.1. The predicted octanol–water partition coefficient (Wildman–Crippen LogP) is 3.36. The molecular weight excluding hydrogens is 345 g/mol. The molecular formula is C11H12BrF3N2OS. The summed E-state index contributed by atoms with van der Waals surface area (Å²) in [6.07, 6.45) is -0.0352. The van der Waals surface area contributed by atoms with Crippen molar-refractivity contribution in [3.05, 3.63) is 28.7 Å². The van der Waals surface area contributed by atoms with Crippen LogP contribution in [0.15, 0.2) is 28.7 Å². The highest BCUT2D eigenvalue weighted by molar-refractivity contribution is 9.10. The van der Waals surface area contributed by atoms with Crippen LogP contribution in [0.5, 0.6) is 0 Å². The van der Waals surface area contributed by atoms with Crippen molar-refractivity contribution in [2.24, 2.45) is 5.73 Å². The van der Waals surface area contributed by atoms with Gasteiger partial charge in [0.15, 0.2) is 0 Å². The molecule has 0 heterocycles. The van der Waals surface area contributed by atoms with E-state index < -0.39 is 17.5 Å². The van der Waals surface area contributed by atoms with Crippen molar-refractivity contribution in [3.8, 4) is 0 Å². The van der Waals surface area contributed by atoms with Gasteiger partial charge in [0.2, 0.25) is 5.91 Å². The number of amides is 1. The molecule has 106 valence electrons. The van der Waals surface area contributed by atoms with E-state index in [4.69, 9.17) is 5.73 Å². The molecule has 1 rings (SSSR count). The van der Waals surface area contributed by atoms with Crippen LogP contribution >= 0.6 is 27.7 Å². The van der Waals surface area contributed by atoms with Gasteiger partial charge in [0, 0.05) is 15.9 Å². The van der Waals surface area contributed by atoms with Gasteiger partial charge in [0.05, 0.1) is 6.04 Å². The maximum absolute atomic E-state index is 11.9. The highest BCUT2D eigenvalue weighted by atomic mass is 79.9. The lowest BCUT2D eigenvalue weighted by Gasteiger charge is -2.12. The summed E-state index contributed by atoms with van der Waals surface area (Å²) in [5, 5.41) is 2.54. The molecule has 3 nitrogen and oxygen atoms in total. The van der Waals surface area contributed by atoms with E-state index in [0.29, 0.717) is 5.69 Å². The van der Waals surface area contributed by atoms with E-state index in [2.05, 4.69) is 21.2 Å². The fourth-order valence-electron chi connectivity index (χ4n) is 1.20. The fraction of sp³-hybridized carbons (Fsp3) is 0.364. The van der Waals surface area contributed by atoms with Crippen LogP contribution < -0.4 is 11.1 Å². The minimum Gasteiger partial charge on any atom is -0.325 e. The molecule has 0 spiro atoms. The number of carbonyl (C=O) groups is 1. The lowest BCUT2D eigenvalue weighted by atomic mass is 10.2. The molecule has 0 saturated heterocycles. The zero-order valence-electron chi connectivity index (χ0n) is 9.71. The lowest BCUT2D eigenvalue weighted by molar-refractivity contribution is -0.117. The Morgan fingerprint density at radius 3 is 2.47 bits per heavy atom. The summed E-state index contributed by atoms with van der Waals surface area (Å²) in [7, 11) is 0. The average Bonchev–Trinajstić information content (AvgIpc) is 2.30. The van der Waals surface area contributed by atoms with Crippen LogP contribution in [0, 0.1) is 0 Å². The standard InChI is InChI=1S/C11H12BrF3N2OS/c12-7-1-3-8(4-2-7)17-10(18)9(16)5-6-19-11(13,14)15/h1-4,9H,5-6,16H2,(H,17,18)/t9-/m0/s1. The Hall–Kier alpha value is -0.730. The normalized spacial score (nSPS) is 13.1. The number of thioether (sulfide) groups is 1. The average molecular weight is 357 g/mol. The summed E-state index contributed by atoms with van der Waals surface area (Å²) >= 11 is 3.07. The number of hydrogen-bond donors (Lipinski definition) is 2. The number of rotatable bonds is 5. The van der Waals surface area contributed by atoms with Crippen molar-refractivity contribution < 1.29 is 18.0 Å². The first-order chi connectivity index (χ1) is 8.78. The van der Waals surface area contributed by atoms with Gasteiger partial charge in [-0.25, -0.2) is 0 Å². The Balaban J connectivity index is 2.38. The van der Waals surface area contributed by atoms with Crippen LogP contribution in [-0.2, 0) is 4.79 Å². The third kappa shape index (κ3) is 6.84. The van der Waals surface area contributed by atoms with Gasteiger partial charge < -0.3 is 11.1 Å². The molecule has 0 aromatic heterocycles. The maximum Gasteiger partial charge on any atom is 0.441 e. The van der Waals surface area contributed by atoms with E-state index >= 15 is 0 Å². The third-order valence-electron chi connectivity index (χ3n) is 2.14. The van der Waals surface area contributed by atoms with E-state index in [9.17, 15) is 18.0 Å². The number of hydrogen-bond acceptors (Lipinski definition) is 3. The summed E-state index contributed by atoms with van der Waals surface area (Å²) in [5.41, 5.74) is 1.78. The van der Waals surface area contributed by atoms with Crippen molar-refractivity contribution in [1.82, 2.24) is 0 Å². The molecule has 0 saturated carbocycles. The van der Waals surface area contributed by atoms with Gasteiger partial charge in [-0.15, -0.1) is 0 Å². The number of benzene rings is 1. The monoisotopic (exact) mass is 356 g/mol. The van der Waals surface area contributed by atoms with Crippen molar-refractivity contribution in [2.75, 3.05) is 11.1 Å². The minimum atomic E-state index is -4.29. The molecule has 8 heteroatoms. The number of anilines is 1. The number of halogens is 4. The Morgan fingerprint density at radius 2 is 1.95 bits per heavy atom. The highest BCUT2D eigenvalue weighted by Gasteiger charge is 2.28. The number of carbonyl (C=O) groups excluding carboxylic acids is 1. The molecule has 1 aromatic rings. The van der Waals surface area contributed by atoms with E-state index in [1.165, 1.54) is 0 Å². The first kappa shape index (κ1) is 16.3. The quantitative estimate of drug-likeness (QED) is 0.850. The second-order valence-corrected chi connectivity index (χ2v) is 5.76. The predicted molar refractivity (Wildman–Crippen MR) is 73.9 cm³/mol. The van der Waals surface area contributed by atoms with Gasteiger partial charge >= 0.3 is 5.51 Å². The van der Waals surface area contributed by atoms with Crippen molar-refractivity contribution in [1.29, 1.82) is 0 Å². The maximum atomic E-state index is 11.9. The highest BCUT2D eigenvalue weighted by Crippen LogP contribution is 2.30. The number of alkyl halides is 3. The van der Waals surface area contributed by atoms with Gasteiger partial charge in [0.1, 0.15) is 0 Å². The van der Waals surface area contributed by atoms with Crippen LogP contribution in [0.2, 0.25) is 0 Å². The smallest absolute Gasteiger partial charge is 0.325 e. The molecule has 1 atom stereocenters. The van der Waals surface area contributed by atoms with Crippen LogP contribution in [-0.4, -0.2) is 23.2 Å². The first-order valence-corrected chi connectivity index (χ1v) is 7.08. The van der Waals surface area contributed by atoms with E-state index in [0.717, 1.165) is 4.47 Å². The SMILES string of the molecule is N[C@@H](CCSC(F)(F)F)C(=O)Nc1ccc(Br)cc1. The third-order valence-corrected chi connectivity index (χ3v) is 3.44. The molecule has 0 radical (unpaired) electrons. The van der Waals surface area contributed by atoms with Crippen LogP contribution in [0.25, 0.3) is 0 Å². The zero-order chi connectivity index (χ0) is 14.5. The Labute approximate surface area is 121 Å². The Bertz CT molecular complexity index is 425. The molecule has 1 aromatic carbocycles. The minimum absolute atomic E-state index is 0.0352. The summed E-state index contributed by atoms with van der Waals surface area (Å²) in [4.78, 5) is 11.6. The number of nitrogens with two attached hydrogens (primary N) is 1. The first-order valence-electron chi connectivity index (χ1n) is 5.30. The molecule has 0 bridgehead atoms. The van der Waals surface area contributed by atoms with E-state index in [1.807, 2.05) is 0 Å². The van der Waals surface area contributed by atoms with Crippen molar-refractivity contribution in [3.63, 3.8) is 0 Å². The molecule has 3 N–H and O–H groups in total. The summed E-state index contributed by atoms with van der Waals surface area (Å²) < 4.78 is 36.6. The van der Waals surface area contributed by atoms with Crippen LogP contribution in [0.3, 0.4) is 0 Å². The van der Waals surface area contributed by atoms with Gasteiger partial charge in [-0.1, -0.05) is 27.7 Å². The largest absolute Gasteiger partial charge is 0.441 e. The molecule has 0 aliphatic rings. The second-order valence-electron chi connectivity index (χ2n) is 3.69. The fourth-order valence-corrected chi connectivity index (χ4v) is 2.07. The summed E-state index contributed by atoms with van der Waals surface area (Å²) in [6, 6.07) is 5.85. The molecule has 1 amide bonds. The molecule has 0 aliphatic heterocycles. The lowest BCUT2D eigenvalue weighted by Crippen LogP contribution is -2.36. The topological polar surface area (TPSA) is 55.1 Å². The molecule has 0 unspecified atom stereocenters. The number of nitrogens with one attached hydrogen (secondary N) is 1. The molecule has 19 heavy (non-hydrogen) atoms. The second kappa shape index (κ2) is 7.16. The Morgan fingerprint density at radius 1 is 1.37 bits per heavy atom. The van der Waals surface area contributed by atoms with Gasteiger partial charge in [-0.2, -0.15) is 13.2 Å². The van der Waals surface area contributed by atoms with Gasteiger partial charge in [-0.3, -0.25) is 4.79 Å². The van der Waals surface area contributed by atoms with E-state index in [-0.39, 0.29) is 23.9 Å². The van der Waals surface area contributed by atoms with Crippen molar-refractivity contribution in [2.45, 2.75) is 18.0 Å². The van der Waals surface area contributed by atoms with Crippen LogP contribution in [0.1, 0.15) is 6.42 Å². The molecule has 0 aliphatic carbocycles.